The molecule has 0 aromatic carbocycles. The minimum atomic E-state index is -0.486. The molecule has 0 unspecified atom stereocenters. The van der Waals surface area contributed by atoms with Gasteiger partial charge in [-0.25, -0.2) is 4.79 Å². The molecule has 0 atom stereocenters. The third kappa shape index (κ3) is 9.73. The number of hydrogen-bond donors (Lipinski definition) is 3. The van der Waals surface area contributed by atoms with Gasteiger partial charge in [-0.2, -0.15) is 0 Å². The highest BCUT2D eigenvalue weighted by Gasteiger charge is 2.24. The zero-order chi connectivity index (χ0) is 15.3. The van der Waals surface area contributed by atoms with Crippen molar-refractivity contribution in [1.82, 2.24) is 10.6 Å². The minimum Gasteiger partial charge on any atom is -0.444 e. The SMILES string of the molecule is CC(C)(CO)CNC(C)(C)CNC(=O)OC(C)(C)C. The van der Waals surface area contributed by atoms with E-state index in [0.717, 1.165) is 0 Å². The first kappa shape index (κ1) is 18.2. The lowest BCUT2D eigenvalue weighted by Gasteiger charge is -2.32. The summed E-state index contributed by atoms with van der Waals surface area (Å²) in [5.74, 6) is 0. The normalized spacial score (nSPS) is 13.3. The Morgan fingerprint density at radius 2 is 1.58 bits per heavy atom. The molecule has 0 aliphatic carbocycles. The van der Waals surface area contributed by atoms with E-state index in [2.05, 4.69) is 10.6 Å². The molecule has 0 heterocycles. The second kappa shape index (κ2) is 6.57. The topological polar surface area (TPSA) is 70.6 Å². The van der Waals surface area contributed by atoms with Crippen molar-refractivity contribution in [2.24, 2.45) is 5.41 Å². The number of alkyl carbamates (subject to hydrolysis) is 1. The Morgan fingerprint density at radius 3 is 2.00 bits per heavy atom. The van der Waals surface area contributed by atoms with Crippen molar-refractivity contribution in [1.29, 1.82) is 0 Å². The van der Waals surface area contributed by atoms with Gasteiger partial charge in [0.15, 0.2) is 0 Å². The molecule has 0 aromatic heterocycles. The summed E-state index contributed by atoms with van der Waals surface area (Å²) in [6, 6.07) is 0. The second-order valence-corrected chi connectivity index (χ2v) is 7.42. The van der Waals surface area contributed by atoms with Crippen LogP contribution in [-0.2, 0) is 4.74 Å². The van der Waals surface area contributed by atoms with E-state index in [1.807, 2.05) is 48.5 Å². The van der Waals surface area contributed by atoms with E-state index in [9.17, 15) is 9.90 Å². The van der Waals surface area contributed by atoms with Crippen LogP contribution in [0.15, 0.2) is 0 Å². The maximum atomic E-state index is 11.6. The maximum absolute atomic E-state index is 11.6. The van der Waals surface area contributed by atoms with E-state index < -0.39 is 11.7 Å². The van der Waals surface area contributed by atoms with Crippen LogP contribution in [0.5, 0.6) is 0 Å². The van der Waals surface area contributed by atoms with Crippen molar-refractivity contribution in [3.8, 4) is 0 Å². The minimum absolute atomic E-state index is 0.121. The third-order valence-corrected chi connectivity index (χ3v) is 2.55. The lowest BCUT2D eigenvalue weighted by molar-refractivity contribution is 0.0510. The highest BCUT2D eigenvalue weighted by Crippen LogP contribution is 2.14. The van der Waals surface area contributed by atoms with E-state index in [0.29, 0.717) is 13.1 Å². The number of rotatable bonds is 6. The molecule has 5 nitrogen and oxygen atoms in total. The van der Waals surface area contributed by atoms with Gasteiger partial charge in [0.25, 0.3) is 0 Å². The lowest BCUT2D eigenvalue weighted by Crippen LogP contribution is -2.52. The smallest absolute Gasteiger partial charge is 0.407 e. The van der Waals surface area contributed by atoms with Gasteiger partial charge in [-0.3, -0.25) is 0 Å². The van der Waals surface area contributed by atoms with E-state index in [-0.39, 0.29) is 17.6 Å². The van der Waals surface area contributed by atoms with E-state index in [1.54, 1.807) is 0 Å². The molecule has 3 N–H and O–H groups in total. The first-order chi connectivity index (χ1) is 8.37. The molecule has 0 aromatic rings. The number of amides is 1. The number of aliphatic hydroxyl groups is 1. The Kier molecular flexibility index (Phi) is 6.29. The van der Waals surface area contributed by atoms with Gasteiger partial charge < -0.3 is 20.5 Å². The van der Waals surface area contributed by atoms with Gasteiger partial charge in [-0.15, -0.1) is 0 Å². The molecule has 0 spiro atoms. The molecule has 19 heavy (non-hydrogen) atoms. The van der Waals surface area contributed by atoms with E-state index in [4.69, 9.17) is 4.74 Å². The summed E-state index contributed by atoms with van der Waals surface area (Å²) in [5, 5.41) is 15.3. The molecule has 0 saturated heterocycles. The third-order valence-electron chi connectivity index (χ3n) is 2.55. The van der Waals surface area contributed by atoms with Gasteiger partial charge in [0.05, 0.1) is 0 Å². The fourth-order valence-electron chi connectivity index (χ4n) is 1.20. The summed E-state index contributed by atoms with van der Waals surface area (Å²) in [4.78, 5) is 11.6. The highest BCUT2D eigenvalue weighted by molar-refractivity contribution is 5.67. The first-order valence-electron chi connectivity index (χ1n) is 6.70. The van der Waals surface area contributed by atoms with Crippen LogP contribution < -0.4 is 10.6 Å². The highest BCUT2D eigenvalue weighted by atomic mass is 16.6. The van der Waals surface area contributed by atoms with Gasteiger partial charge in [-0.1, -0.05) is 13.8 Å². The van der Waals surface area contributed by atoms with Gasteiger partial charge >= 0.3 is 6.09 Å². The summed E-state index contributed by atoms with van der Waals surface area (Å²) >= 11 is 0. The van der Waals surface area contributed by atoms with Crippen molar-refractivity contribution < 1.29 is 14.6 Å². The molecule has 0 rings (SSSR count). The molecule has 0 radical (unpaired) electrons. The van der Waals surface area contributed by atoms with Crippen LogP contribution in [0.2, 0.25) is 0 Å². The van der Waals surface area contributed by atoms with Crippen LogP contribution in [0.1, 0.15) is 48.5 Å². The van der Waals surface area contributed by atoms with Crippen LogP contribution in [-0.4, -0.2) is 42.0 Å². The van der Waals surface area contributed by atoms with Crippen molar-refractivity contribution in [2.75, 3.05) is 19.7 Å². The number of hydrogen-bond acceptors (Lipinski definition) is 4. The van der Waals surface area contributed by atoms with Gasteiger partial charge in [-0.05, 0) is 34.6 Å². The fourth-order valence-corrected chi connectivity index (χ4v) is 1.20. The predicted octanol–water partition coefficient (Wildman–Crippen LogP) is 1.90. The average molecular weight is 274 g/mol. The molecule has 0 saturated carbocycles. The van der Waals surface area contributed by atoms with Crippen LogP contribution in [0.3, 0.4) is 0 Å². The quantitative estimate of drug-likeness (QED) is 0.692. The van der Waals surface area contributed by atoms with Gasteiger partial charge in [0.2, 0.25) is 0 Å². The molecule has 0 aliphatic heterocycles. The largest absolute Gasteiger partial charge is 0.444 e. The van der Waals surface area contributed by atoms with Crippen molar-refractivity contribution in [3.05, 3.63) is 0 Å². The number of carbonyl (C=O) groups excluding carboxylic acids is 1. The van der Waals surface area contributed by atoms with Crippen LogP contribution in [0.4, 0.5) is 4.79 Å². The fraction of sp³-hybridized carbons (Fsp3) is 0.929. The Bertz CT molecular complexity index is 294. The van der Waals surface area contributed by atoms with Crippen molar-refractivity contribution in [3.63, 3.8) is 0 Å². The van der Waals surface area contributed by atoms with Crippen molar-refractivity contribution >= 4 is 6.09 Å². The number of carbonyl (C=O) groups is 1. The summed E-state index contributed by atoms with van der Waals surface area (Å²) in [7, 11) is 0. The second-order valence-electron chi connectivity index (χ2n) is 7.42. The van der Waals surface area contributed by atoms with Gasteiger partial charge in [0.1, 0.15) is 5.60 Å². The Hall–Kier alpha value is -0.810. The predicted molar refractivity (Wildman–Crippen MR) is 77.2 cm³/mol. The molecule has 0 aliphatic rings. The Balaban J connectivity index is 4.13. The summed E-state index contributed by atoms with van der Waals surface area (Å²) in [5.41, 5.74) is -0.924. The molecular weight excluding hydrogens is 244 g/mol. The summed E-state index contributed by atoms with van der Waals surface area (Å²) in [6.45, 7) is 14.7. The number of ether oxygens (including phenoxy) is 1. The summed E-state index contributed by atoms with van der Waals surface area (Å²) in [6.07, 6.45) is -0.413. The molecule has 114 valence electrons. The molecule has 5 heteroatoms. The molecular formula is C14H30N2O3. The average Bonchev–Trinajstić information content (AvgIpc) is 2.22. The van der Waals surface area contributed by atoms with E-state index in [1.165, 1.54) is 0 Å². The van der Waals surface area contributed by atoms with E-state index >= 15 is 0 Å². The summed E-state index contributed by atoms with van der Waals surface area (Å²) < 4.78 is 5.18. The Labute approximate surface area is 117 Å². The zero-order valence-corrected chi connectivity index (χ0v) is 13.4. The Morgan fingerprint density at radius 1 is 1.05 bits per heavy atom. The van der Waals surface area contributed by atoms with Gasteiger partial charge in [0, 0.05) is 30.7 Å². The molecule has 1 amide bonds. The standard InChI is InChI=1S/C14H30N2O3/c1-12(2,3)19-11(18)15-9-14(6,7)16-8-13(4,5)10-17/h16-17H,8-10H2,1-7H3,(H,15,18). The van der Waals surface area contributed by atoms with Crippen LogP contribution in [0, 0.1) is 5.41 Å². The van der Waals surface area contributed by atoms with Crippen LogP contribution >= 0.6 is 0 Å². The molecule has 0 fully saturated rings. The number of nitrogens with one attached hydrogen (secondary N) is 2. The maximum Gasteiger partial charge on any atom is 0.407 e. The first-order valence-corrected chi connectivity index (χ1v) is 6.70. The van der Waals surface area contributed by atoms with Crippen LogP contribution in [0.25, 0.3) is 0 Å². The zero-order valence-electron chi connectivity index (χ0n) is 13.4. The monoisotopic (exact) mass is 274 g/mol. The number of aliphatic hydroxyl groups excluding tert-OH is 1. The lowest BCUT2D eigenvalue weighted by atomic mass is 9.93. The van der Waals surface area contributed by atoms with Crippen molar-refractivity contribution in [2.45, 2.75) is 59.6 Å². The molecule has 0 bridgehead atoms.